The first-order valence-electron chi connectivity index (χ1n) is 6.79. The first-order valence-corrected chi connectivity index (χ1v) is 9.09. The SMILES string of the molecule is CCCNc1sc(S(=O)(=O)NCCC(C)C)cc1[N+](=O)[O-]. The summed E-state index contributed by atoms with van der Waals surface area (Å²) in [6.07, 6.45) is 1.51. The average Bonchev–Trinajstić information content (AvgIpc) is 2.80. The monoisotopic (exact) mass is 335 g/mol. The summed E-state index contributed by atoms with van der Waals surface area (Å²) in [5.41, 5.74) is -0.197. The second-order valence-corrected chi connectivity index (χ2v) is 8.09. The van der Waals surface area contributed by atoms with E-state index >= 15 is 0 Å². The van der Waals surface area contributed by atoms with Gasteiger partial charge in [-0.25, -0.2) is 13.1 Å². The summed E-state index contributed by atoms with van der Waals surface area (Å²) in [6.45, 7) is 6.80. The van der Waals surface area contributed by atoms with Gasteiger partial charge in [0.1, 0.15) is 4.21 Å². The Morgan fingerprint density at radius 1 is 1.38 bits per heavy atom. The number of rotatable bonds is 9. The van der Waals surface area contributed by atoms with Crippen molar-refractivity contribution in [1.82, 2.24) is 4.72 Å². The second kappa shape index (κ2) is 7.71. The number of hydrogen-bond acceptors (Lipinski definition) is 6. The molecule has 120 valence electrons. The lowest BCUT2D eigenvalue weighted by atomic mass is 10.1. The molecule has 9 heteroatoms. The van der Waals surface area contributed by atoms with E-state index in [-0.39, 0.29) is 14.9 Å². The van der Waals surface area contributed by atoms with E-state index in [1.54, 1.807) is 0 Å². The van der Waals surface area contributed by atoms with Gasteiger partial charge in [-0.1, -0.05) is 32.1 Å². The van der Waals surface area contributed by atoms with Crippen LogP contribution in [0.3, 0.4) is 0 Å². The molecule has 1 rings (SSSR count). The van der Waals surface area contributed by atoms with Crippen molar-refractivity contribution in [3.8, 4) is 0 Å². The molecule has 0 fully saturated rings. The number of nitrogens with zero attached hydrogens (tertiary/aromatic N) is 1. The van der Waals surface area contributed by atoms with Gasteiger partial charge in [-0.2, -0.15) is 0 Å². The quantitative estimate of drug-likeness (QED) is 0.534. The Morgan fingerprint density at radius 2 is 2.05 bits per heavy atom. The average molecular weight is 335 g/mol. The topological polar surface area (TPSA) is 101 Å². The minimum Gasteiger partial charge on any atom is -0.371 e. The van der Waals surface area contributed by atoms with E-state index in [1.807, 2.05) is 20.8 Å². The molecule has 2 N–H and O–H groups in total. The van der Waals surface area contributed by atoms with Crippen molar-refractivity contribution in [3.63, 3.8) is 0 Å². The lowest BCUT2D eigenvalue weighted by Crippen LogP contribution is -2.24. The van der Waals surface area contributed by atoms with Crippen molar-refractivity contribution < 1.29 is 13.3 Å². The van der Waals surface area contributed by atoms with E-state index in [2.05, 4.69) is 10.0 Å². The number of sulfonamides is 1. The van der Waals surface area contributed by atoms with Crippen LogP contribution in [0, 0.1) is 16.0 Å². The van der Waals surface area contributed by atoms with Crippen molar-refractivity contribution in [2.75, 3.05) is 18.4 Å². The molecule has 0 aliphatic heterocycles. The van der Waals surface area contributed by atoms with Gasteiger partial charge in [-0.05, 0) is 18.8 Å². The van der Waals surface area contributed by atoms with Crippen molar-refractivity contribution in [3.05, 3.63) is 16.2 Å². The zero-order valence-electron chi connectivity index (χ0n) is 12.4. The third-order valence-corrected chi connectivity index (χ3v) is 5.72. The zero-order chi connectivity index (χ0) is 16.0. The van der Waals surface area contributed by atoms with Gasteiger partial charge < -0.3 is 5.32 Å². The van der Waals surface area contributed by atoms with E-state index in [4.69, 9.17) is 0 Å². The fourth-order valence-corrected chi connectivity index (χ4v) is 3.99. The van der Waals surface area contributed by atoms with E-state index in [1.165, 1.54) is 0 Å². The van der Waals surface area contributed by atoms with Crippen LogP contribution in [0.1, 0.15) is 33.6 Å². The van der Waals surface area contributed by atoms with Crippen molar-refractivity contribution in [2.45, 2.75) is 37.8 Å². The highest BCUT2D eigenvalue weighted by Gasteiger charge is 2.25. The molecule has 0 amide bonds. The largest absolute Gasteiger partial charge is 0.371 e. The molecule has 0 aromatic carbocycles. The van der Waals surface area contributed by atoms with Gasteiger partial charge in [-0.15, -0.1) is 0 Å². The Hall–Kier alpha value is -1.19. The lowest BCUT2D eigenvalue weighted by Gasteiger charge is -2.06. The molecule has 1 aromatic rings. The normalized spacial score (nSPS) is 11.8. The van der Waals surface area contributed by atoms with Gasteiger partial charge in [-0.3, -0.25) is 10.1 Å². The molecule has 0 atom stereocenters. The third kappa shape index (κ3) is 5.25. The Balaban J connectivity index is 2.93. The number of hydrogen-bond donors (Lipinski definition) is 2. The number of nitro groups is 1. The molecule has 7 nitrogen and oxygen atoms in total. The van der Waals surface area contributed by atoms with Crippen LogP contribution >= 0.6 is 11.3 Å². The highest BCUT2D eigenvalue weighted by Crippen LogP contribution is 2.36. The minimum atomic E-state index is -3.69. The summed E-state index contributed by atoms with van der Waals surface area (Å²) >= 11 is 0.890. The summed E-state index contributed by atoms with van der Waals surface area (Å²) in [5, 5.41) is 14.2. The summed E-state index contributed by atoms with van der Waals surface area (Å²) in [4.78, 5) is 10.4. The Labute approximate surface area is 129 Å². The van der Waals surface area contributed by atoms with Crippen LogP contribution in [-0.4, -0.2) is 26.4 Å². The van der Waals surface area contributed by atoms with Gasteiger partial charge >= 0.3 is 5.69 Å². The molecule has 0 aliphatic rings. The number of anilines is 1. The highest BCUT2D eigenvalue weighted by molar-refractivity contribution is 7.91. The predicted molar refractivity (Wildman–Crippen MR) is 84.4 cm³/mol. The molecule has 21 heavy (non-hydrogen) atoms. The van der Waals surface area contributed by atoms with E-state index in [9.17, 15) is 18.5 Å². The summed E-state index contributed by atoms with van der Waals surface area (Å²) in [5.74, 6) is 0.382. The second-order valence-electron chi connectivity index (χ2n) is 5.04. The van der Waals surface area contributed by atoms with Crippen LogP contribution in [0.15, 0.2) is 10.3 Å². The lowest BCUT2D eigenvalue weighted by molar-refractivity contribution is -0.383. The van der Waals surface area contributed by atoms with E-state index in [0.717, 1.165) is 23.8 Å². The van der Waals surface area contributed by atoms with Crippen molar-refractivity contribution in [2.24, 2.45) is 5.92 Å². The molecular formula is C12H21N3O4S2. The molecule has 1 aromatic heterocycles. The van der Waals surface area contributed by atoms with E-state index in [0.29, 0.717) is 25.4 Å². The standard InChI is InChI=1S/C12H21N3O4S2/c1-4-6-13-12-10(15(16)17)8-11(20-12)21(18,19)14-7-5-9(2)3/h8-9,13-14H,4-7H2,1-3H3. The summed E-state index contributed by atoms with van der Waals surface area (Å²) < 4.78 is 26.7. The Morgan fingerprint density at radius 3 is 2.57 bits per heavy atom. The highest BCUT2D eigenvalue weighted by atomic mass is 32.2. The van der Waals surface area contributed by atoms with Crippen LogP contribution in [0.4, 0.5) is 10.7 Å². The first kappa shape index (κ1) is 17.9. The van der Waals surface area contributed by atoms with Gasteiger partial charge in [0.25, 0.3) is 0 Å². The fourth-order valence-electron chi connectivity index (χ4n) is 1.55. The fraction of sp³-hybridized carbons (Fsp3) is 0.667. The van der Waals surface area contributed by atoms with Gasteiger partial charge in [0.05, 0.1) is 4.92 Å². The molecule has 0 saturated heterocycles. The molecule has 0 spiro atoms. The summed E-state index contributed by atoms with van der Waals surface area (Å²) in [6, 6.07) is 1.11. The minimum absolute atomic E-state index is 0.0310. The van der Waals surface area contributed by atoms with Gasteiger partial charge in [0.2, 0.25) is 10.0 Å². The summed E-state index contributed by atoms with van der Waals surface area (Å²) in [7, 11) is -3.69. The van der Waals surface area contributed by atoms with Crippen molar-refractivity contribution in [1.29, 1.82) is 0 Å². The Bertz CT molecular complexity index is 581. The third-order valence-electron chi connectivity index (χ3n) is 2.70. The predicted octanol–water partition coefficient (Wildman–Crippen LogP) is 2.80. The maximum absolute atomic E-state index is 12.1. The number of thiophene rings is 1. The molecule has 0 aliphatic carbocycles. The molecule has 1 heterocycles. The maximum atomic E-state index is 12.1. The zero-order valence-corrected chi connectivity index (χ0v) is 14.0. The van der Waals surface area contributed by atoms with Crippen LogP contribution in [0.5, 0.6) is 0 Å². The number of nitrogens with one attached hydrogen (secondary N) is 2. The molecule has 0 radical (unpaired) electrons. The van der Waals surface area contributed by atoms with Crippen LogP contribution < -0.4 is 10.0 Å². The van der Waals surface area contributed by atoms with Crippen LogP contribution in [0.25, 0.3) is 0 Å². The van der Waals surface area contributed by atoms with E-state index < -0.39 is 14.9 Å². The van der Waals surface area contributed by atoms with Crippen LogP contribution in [-0.2, 0) is 10.0 Å². The first-order chi connectivity index (χ1) is 9.77. The molecule has 0 saturated carbocycles. The Kier molecular flexibility index (Phi) is 6.56. The van der Waals surface area contributed by atoms with Crippen molar-refractivity contribution >= 4 is 32.0 Å². The van der Waals surface area contributed by atoms with Gasteiger partial charge in [0, 0.05) is 19.2 Å². The molecular weight excluding hydrogens is 314 g/mol. The molecule has 0 bridgehead atoms. The van der Waals surface area contributed by atoms with Crippen LogP contribution in [0.2, 0.25) is 0 Å². The van der Waals surface area contributed by atoms with Gasteiger partial charge in [0.15, 0.2) is 5.00 Å². The molecule has 0 unspecified atom stereocenters. The maximum Gasteiger partial charge on any atom is 0.304 e. The smallest absolute Gasteiger partial charge is 0.304 e.